The molecule has 8 nitrogen and oxygen atoms in total. The largest absolute Gasteiger partial charge is 0.352 e. The number of thioether (sulfide) groups is 1. The maximum atomic E-state index is 13.5. The Kier molecular flexibility index (Phi) is 5.19. The molecule has 0 unspecified atom stereocenters. The molecule has 2 saturated heterocycles. The first-order chi connectivity index (χ1) is 14.3. The minimum absolute atomic E-state index is 0.185. The molecule has 0 spiro atoms. The predicted molar refractivity (Wildman–Crippen MR) is 111 cm³/mol. The Labute approximate surface area is 172 Å². The molecule has 2 aromatic heterocycles. The van der Waals surface area contributed by atoms with Gasteiger partial charge in [0.2, 0.25) is 11.3 Å². The Balaban J connectivity index is 1.34. The van der Waals surface area contributed by atoms with Gasteiger partial charge in [-0.05, 0) is 28.0 Å². The second-order valence-corrected chi connectivity index (χ2v) is 8.50. The molecule has 5 rings (SSSR count). The van der Waals surface area contributed by atoms with Crippen LogP contribution in [0.3, 0.4) is 0 Å². The number of benzene rings is 1. The second kappa shape index (κ2) is 8.11. The normalized spacial score (nSPS) is 18.5. The highest BCUT2D eigenvalue weighted by Crippen LogP contribution is 2.30. The van der Waals surface area contributed by atoms with Gasteiger partial charge in [-0.2, -0.15) is 11.8 Å². The average Bonchev–Trinajstić information content (AvgIpc) is 3.22. The zero-order valence-electron chi connectivity index (χ0n) is 16.0. The van der Waals surface area contributed by atoms with Crippen molar-refractivity contribution >= 4 is 34.7 Å². The van der Waals surface area contributed by atoms with E-state index in [9.17, 15) is 4.39 Å². The smallest absolute Gasteiger partial charge is 0.245 e. The second-order valence-electron chi connectivity index (χ2n) is 7.27. The van der Waals surface area contributed by atoms with Crippen molar-refractivity contribution in [3.05, 3.63) is 35.6 Å². The van der Waals surface area contributed by atoms with Crippen LogP contribution in [-0.4, -0.2) is 76.0 Å². The summed E-state index contributed by atoms with van der Waals surface area (Å²) < 4.78 is 18.3. The molecule has 3 aromatic rings. The zero-order chi connectivity index (χ0) is 19.6. The van der Waals surface area contributed by atoms with Crippen molar-refractivity contribution in [1.29, 1.82) is 0 Å². The van der Waals surface area contributed by atoms with Gasteiger partial charge in [-0.25, -0.2) is 19.0 Å². The molecule has 1 aromatic carbocycles. The van der Waals surface area contributed by atoms with Crippen molar-refractivity contribution in [1.82, 2.24) is 25.2 Å². The Hall–Kier alpha value is -2.46. The average molecular weight is 415 g/mol. The molecule has 29 heavy (non-hydrogen) atoms. The number of fused-ring (bicyclic) bond motifs is 1. The molecule has 0 amide bonds. The molecule has 0 aliphatic carbocycles. The van der Waals surface area contributed by atoms with Gasteiger partial charge in [0.05, 0.1) is 0 Å². The van der Waals surface area contributed by atoms with E-state index in [2.05, 4.69) is 25.0 Å². The summed E-state index contributed by atoms with van der Waals surface area (Å²) >= 11 is 1.96. The molecule has 0 atom stereocenters. The van der Waals surface area contributed by atoms with Gasteiger partial charge in [0.1, 0.15) is 5.82 Å². The summed E-state index contributed by atoms with van der Waals surface area (Å²) in [4.78, 5) is 16.3. The summed E-state index contributed by atoms with van der Waals surface area (Å²) in [5, 5.41) is 7.76. The first-order valence-electron chi connectivity index (χ1n) is 9.81. The lowest BCUT2D eigenvalue weighted by Crippen LogP contribution is -2.47. The van der Waals surface area contributed by atoms with Crippen LogP contribution in [0.2, 0.25) is 0 Å². The maximum Gasteiger partial charge on any atom is 0.245 e. The number of anilines is 2. The molecule has 2 fully saturated rings. The van der Waals surface area contributed by atoms with Crippen LogP contribution in [0.4, 0.5) is 16.0 Å². The molecule has 0 bridgehead atoms. The maximum absolute atomic E-state index is 13.5. The summed E-state index contributed by atoms with van der Waals surface area (Å²) in [5.41, 5.74) is 1.89. The van der Waals surface area contributed by atoms with E-state index in [-0.39, 0.29) is 5.82 Å². The van der Waals surface area contributed by atoms with Crippen molar-refractivity contribution in [3.8, 4) is 0 Å². The minimum atomic E-state index is -0.185. The van der Waals surface area contributed by atoms with Gasteiger partial charge >= 0.3 is 0 Å². The highest BCUT2D eigenvalue weighted by atomic mass is 32.2. The van der Waals surface area contributed by atoms with Crippen molar-refractivity contribution in [2.75, 3.05) is 60.6 Å². The third kappa shape index (κ3) is 3.99. The standard InChI is InChI=1S/C19H22FN7OS/c20-15-3-1-2-14(12-15)13-25-4-6-26(7-5-25)18-19(27-8-10-29-11-9-27)22-17-16(21-18)23-28-24-17/h1-3,12H,4-11,13H2. The molecule has 152 valence electrons. The van der Waals surface area contributed by atoms with E-state index in [1.807, 2.05) is 17.8 Å². The Morgan fingerprint density at radius 1 is 0.897 bits per heavy atom. The first-order valence-corrected chi connectivity index (χ1v) is 11.0. The monoisotopic (exact) mass is 415 g/mol. The van der Waals surface area contributed by atoms with E-state index in [4.69, 9.17) is 14.6 Å². The highest BCUT2D eigenvalue weighted by Gasteiger charge is 2.26. The SMILES string of the molecule is Fc1cccc(CN2CCN(c3nc4nonc4nc3N3CCSCC3)CC2)c1. The van der Waals surface area contributed by atoms with Gasteiger partial charge in [0.15, 0.2) is 11.6 Å². The molecule has 0 saturated carbocycles. The number of hydrogen-bond acceptors (Lipinski definition) is 9. The van der Waals surface area contributed by atoms with E-state index in [1.54, 1.807) is 12.1 Å². The lowest BCUT2D eigenvalue weighted by atomic mass is 10.2. The molecule has 0 radical (unpaired) electrons. The van der Waals surface area contributed by atoms with E-state index >= 15 is 0 Å². The van der Waals surface area contributed by atoms with Crippen LogP contribution in [-0.2, 0) is 6.54 Å². The van der Waals surface area contributed by atoms with Gasteiger partial charge in [-0.15, -0.1) is 0 Å². The summed E-state index contributed by atoms with van der Waals surface area (Å²) in [6.07, 6.45) is 0. The predicted octanol–water partition coefficient (Wildman–Crippen LogP) is 2.03. The Morgan fingerprint density at radius 3 is 2.21 bits per heavy atom. The minimum Gasteiger partial charge on any atom is -0.352 e. The summed E-state index contributed by atoms with van der Waals surface area (Å²) in [6, 6.07) is 6.82. The molecule has 2 aliphatic rings. The van der Waals surface area contributed by atoms with Crippen LogP contribution in [0.1, 0.15) is 5.56 Å². The molecular formula is C19H22FN7OS. The fraction of sp³-hybridized carbons (Fsp3) is 0.474. The van der Waals surface area contributed by atoms with E-state index in [1.165, 1.54) is 6.07 Å². The molecule has 4 heterocycles. The molecule has 10 heteroatoms. The van der Waals surface area contributed by atoms with Crippen LogP contribution in [0.25, 0.3) is 11.3 Å². The van der Waals surface area contributed by atoms with E-state index in [0.29, 0.717) is 11.3 Å². The topological polar surface area (TPSA) is 74.4 Å². The number of piperazine rings is 1. The lowest BCUT2D eigenvalue weighted by molar-refractivity contribution is 0.249. The van der Waals surface area contributed by atoms with Crippen LogP contribution in [0.15, 0.2) is 28.9 Å². The number of rotatable bonds is 4. The van der Waals surface area contributed by atoms with Gasteiger partial charge in [-0.1, -0.05) is 12.1 Å². The fourth-order valence-electron chi connectivity index (χ4n) is 3.83. The first kappa shape index (κ1) is 18.6. The molecule has 0 N–H and O–H groups in total. The van der Waals surface area contributed by atoms with Crippen molar-refractivity contribution in [2.45, 2.75) is 6.54 Å². The third-order valence-electron chi connectivity index (χ3n) is 5.36. The van der Waals surface area contributed by atoms with E-state index in [0.717, 1.165) is 74.5 Å². The van der Waals surface area contributed by atoms with Crippen molar-refractivity contribution in [2.24, 2.45) is 0 Å². The van der Waals surface area contributed by atoms with Gasteiger partial charge in [-0.3, -0.25) is 4.90 Å². The third-order valence-corrected chi connectivity index (χ3v) is 6.30. The van der Waals surface area contributed by atoms with Gasteiger partial charge in [0, 0.05) is 57.3 Å². The Morgan fingerprint density at radius 2 is 1.55 bits per heavy atom. The number of aromatic nitrogens is 4. The summed E-state index contributed by atoms with van der Waals surface area (Å²) in [6.45, 7) is 6.06. The number of nitrogens with zero attached hydrogens (tertiary/aromatic N) is 7. The quantitative estimate of drug-likeness (QED) is 0.636. The van der Waals surface area contributed by atoms with Crippen molar-refractivity contribution < 1.29 is 9.02 Å². The van der Waals surface area contributed by atoms with Crippen LogP contribution >= 0.6 is 11.8 Å². The van der Waals surface area contributed by atoms with Crippen LogP contribution in [0.5, 0.6) is 0 Å². The summed E-state index contributed by atoms with van der Waals surface area (Å²) in [7, 11) is 0. The molecular weight excluding hydrogens is 393 g/mol. The van der Waals surface area contributed by atoms with Crippen LogP contribution in [0, 0.1) is 5.82 Å². The zero-order valence-corrected chi connectivity index (χ0v) is 16.8. The number of halogens is 1. The fourth-order valence-corrected chi connectivity index (χ4v) is 4.73. The Bertz CT molecular complexity index is 986. The van der Waals surface area contributed by atoms with Crippen LogP contribution < -0.4 is 9.80 Å². The highest BCUT2D eigenvalue weighted by molar-refractivity contribution is 7.99. The lowest BCUT2D eigenvalue weighted by Gasteiger charge is -2.37. The summed E-state index contributed by atoms with van der Waals surface area (Å²) in [5.74, 6) is 3.70. The van der Waals surface area contributed by atoms with E-state index < -0.39 is 0 Å². The molecule has 2 aliphatic heterocycles. The van der Waals surface area contributed by atoms with Crippen molar-refractivity contribution in [3.63, 3.8) is 0 Å². The van der Waals surface area contributed by atoms with Gasteiger partial charge < -0.3 is 9.80 Å². The number of hydrogen-bond donors (Lipinski definition) is 0. The van der Waals surface area contributed by atoms with Gasteiger partial charge in [0.25, 0.3) is 0 Å².